The molecule has 0 saturated heterocycles. The maximum Gasteiger partial charge on any atom is 0.253 e. The van der Waals surface area contributed by atoms with Crippen LogP contribution in [-0.4, -0.2) is 28.6 Å². The van der Waals surface area contributed by atoms with Gasteiger partial charge in [0.25, 0.3) is 5.91 Å². The third kappa shape index (κ3) is 2.24. The second kappa shape index (κ2) is 4.82. The molecule has 1 unspecified atom stereocenters. The fraction of sp³-hybridized carbons (Fsp3) is 0.357. The average Bonchev–Trinajstić information content (AvgIpc) is 2.62. The summed E-state index contributed by atoms with van der Waals surface area (Å²) < 4.78 is 0. The van der Waals surface area contributed by atoms with Crippen LogP contribution in [0.5, 0.6) is 0 Å². The van der Waals surface area contributed by atoms with E-state index in [-0.39, 0.29) is 12.5 Å². The standard InChI is InChI=1S/C14H18N2O2/c1-8(17)7-15-14(18)12-6-4-5-11-9(2)10(3)16-13(11)12/h4-6,8,16-17H,7H2,1-3H3,(H,15,18). The Labute approximate surface area is 106 Å². The summed E-state index contributed by atoms with van der Waals surface area (Å²) in [6.07, 6.45) is -0.541. The number of carbonyl (C=O) groups is 1. The summed E-state index contributed by atoms with van der Waals surface area (Å²) in [5.41, 5.74) is 3.70. The lowest BCUT2D eigenvalue weighted by Gasteiger charge is -2.07. The molecule has 0 bridgehead atoms. The van der Waals surface area contributed by atoms with Gasteiger partial charge in [0.2, 0.25) is 0 Å². The van der Waals surface area contributed by atoms with Crippen LogP contribution < -0.4 is 5.32 Å². The molecule has 1 aromatic carbocycles. The van der Waals surface area contributed by atoms with Gasteiger partial charge in [-0.05, 0) is 32.4 Å². The minimum atomic E-state index is -0.541. The number of nitrogens with one attached hydrogen (secondary N) is 2. The predicted octanol–water partition coefficient (Wildman–Crippen LogP) is 1.90. The zero-order chi connectivity index (χ0) is 13.3. The SMILES string of the molecule is Cc1[nH]c2c(C(=O)NCC(C)O)cccc2c1C. The minimum absolute atomic E-state index is 0.164. The molecule has 96 valence electrons. The number of para-hydroxylation sites is 1. The van der Waals surface area contributed by atoms with E-state index in [1.807, 2.05) is 26.0 Å². The topological polar surface area (TPSA) is 65.1 Å². The number of hydrogen-bond donors (Lipinski definition) is 3. The van der Waals surface area contributed by atoms with E-state index in [0.29, 0.717) is 5.56 Å². The maximum atomic E-state index is 12.0. The molecule has 3 N–H and O–H groups in total. The monoisotopic (exact) mass is 246 g/mol. The van der Waals surface area contributed by atoms with E-state index in [2.05, 4.69) is 10.3 Å². The molecular weight excluding hydrogens is 228 g/mol. The number of amides is 1. The minimum Gasteiger partial charge on any atom is -0.392 e. The van der Waals surface area contributed by atoms with Crippen molar-refractivity contribution >= 4 is 16.8 Å². The van der Waals surface area contributed by atoms with E-state index < -0.39 is 6.10 Å². The van der Waals surface area contributed by atoms with Gasteiger partial charge in [0, 0.05) is 17.6 Å². The van der Waals surface area contributed by atoms with Crippen LogP contribution in [0.25, 0.3) is 10.9 Å². The van der Waals surface area contributed by atoms with Gasteiger partial charge in [-0.1, -0.05) is 12.1 Å². The van der Waals surface area contributed by atoms with E-state index in [1.54, 1.807) is 13.0 Å². The molecule has 4 nitrogen and oxygen atoms in total. The normalized spacial score (nSPS) is 12.7. The summed E-state index contributed by atoms with van der Waals surface area (Å²) in [5.74, 6) is -0.164. The van der Waals surface area contributed by atoms with Crippen LogP contribution in [0.4, 0.5) is 0 Å². The van der Waals surface area contributed by atoms with Crippen LogP contribution in [0.15, 0.2) is 18.2 Å². The summed E-state index contributed by atoms with van der Waals surface area (Å²) >= 11 is 0. The Hall–Kier alpha value is -1.81. The van der Waals surface area contributed by atoms with Gasteiger partial charge in [0.05, 0.1) is 17.2 Å². The smallest absolute Gasteiger partial charge is 0.253 e. The first-order valence-electron chi connectivity index (χ1n) is 6.05. The fourth-order valence-corrected chi connectivity index (χ4v) is 2.01. The first-order chi connectivity index (χ1) is 8.50. The van der Waals surface area contributed by atoms with Crippen molar-refractivity contribution in [1.29, 1.82) is 0 Å². The van der Waals surface area contributed by atoms with E-state index >= 15 is 0 Å². The second-order valence-electron chi connectivity index (χ2n) is 4.66. The first kappa shape index (κ1) is 12.6. The van der Waals surface area contributed by atoms with Gasteiger partial charge in [-0.2, -0.15) is 0 Å². The van der Waals surface area contributed by atoms with E-state index in [0.717, 1.165) is 22.2 Å². The second-order valence-corrected chi connectivity index (χ2v) is 4.66. The number of benzene rings is 1. The van der Waals surface area contributed by atoms with Gasteiger partial charge >= 0.3 is 0 Å². The van der Waals surface area contributed by atoms with Gasteiger partial charge in [0.15, 0.2) is 0 Å². The molecule has 4 heteroatoms. The van der Waals surface area contributed by atoms with E-state index in [4.69, 9.17) is 0 Å². The number of aromatic amines is 1. The van der Waals surface area contributed by atoms with Crippen molar-refractivity contribution in [1.82, 2.24) is 10.3 Å². The lowest BCUT2D eigenvalue weighted by atomic mass is 10.1. The number of rotatable bonds is 3. The highest BCUT2D eigenvalue weighted by molar-refractivity contribution is 6.06. The predicted molar refractivity (Wildman–Crippen MR) is 71.8 cm³/mol. The van der Waals surface area contributed by atoms with E-state index in [1.165, 1.54) is 0 Å². The number of hydrogen-bond acceptors (Lipinski definition) is 2. The largest absolute Gasteiger partial charge is 0.392 e. The molecule has 0 saturated carbocycles. The van der Waals surface area contributed by atoms with Gasteiger partial charge in [-0.25, -0.2) is 0 Å². The highest BCUT2D eigenvalue weighted by Gasteiger charge is 2.13. The molecule has 1 aromatic heterocycles. The Balaban J connectivity index is 2.39. The molecule has 1 atom stereocenters. The number of fused-ring (bicyclic) bond motifs is 1. The first-order valence-corrected chi connectivity index (χ1v) is 6.05. The quantitative estimate of drug-likeness (QED) is 0.774. The summed E-state index contributed by atoms with van der Waals surface area (Å²) in [6.45, 7) is 5.93. The van der Waals surface area contributed by atoms with Crippen molar-refractivity contribution in [3.63, 3.8) is 0 Å². The molecular formula is C14H18N2O2. The average molecular weight is 246 g/mol. The van der Waals surface area contributed by atoms with Crippen molar-refractivity contribution in [2.75, 3.05) is 6.54 Å². The Morgan fingerprint density at radius 2 is 2.17 bits per heavy atom. The highest BCUT2D eigenvalue weighted by Crippen LogP contribution is 2.24. The van der Waals surface area contributed by atoms with Crippen LogP contribution in [0, 0.1) is 13.8 Å². The van der Waals surface area contributed by atoms with Crippen molar-refractivity contribution in [2.45, 2.75) is 26.9 Å². The number of aryl methyl sites for hydroxylation is 2. The molecule has 2 aromatic rings. The molecule has 0 aliphatic carbocycles. The molecule has 0 fully saturated rings. The van der Waals surface area contributed by atoms with E-state index in [9.17, 15) is 9.90 Å². The summed E-state index contributed by atoms with van der Waals surface area (Å²) in [4.78, 5) is 15.3. The molecule has 18 heavy (non-hydrogen) atoms. The van der Waals surface area contributed by atoms with Crippen LogP contribution in [0.1, 0.15) is 28.5 Å². The van der Waals surface area contributed by atoms with Gasteiger partial charge < -0.3 is 15.4 Å². The third-order valence-electron chi connectivity index (χ3n) is 3.15. The maximum absolute atomic E-state index is 12.0. The fourth-order valence-electron chi connectivity index (χ4n) is 2.01. The van der Waals surface area contributed by atoms with Crippen molar-refractivity contribution in [3.05, 3.63) is 35.0 Å². The highest BCUT2D eigenvalue weighted by atomic mass is 16.3. The molecule has 1 heterocycles. The van der Waals surface area contributed by atoms with Gasteiger partial charge in [-0.3, -0.25) is 4.79 Å². The van der Waals surface area contributed by atoms with Crippen LogP contribution in [0.3, 0.4) is 0 Å². The Bertz CT molecular complexity index is 585. The Kier molecular flexibility index (Phi) is 3.39. The molecule has 0 aliphatic heterocycles. The summed E-state index contributed by atoms with van der Waals surface area (Å²) in [6, 6.07) is 5.66. The van der Waals surface area contributed by atoms with Crippen molar-refractivity contribution < 1.29 is 9.90 Å². The summed E-state index contributed by atoms with van der Waals surface area (Å²) in [7, 11) is 0. The zero-order valence-electron chi connectivity index (χ0n) is 10.9. The molecule has 0 aliphatic rings. The number of aromatic nitrogens is 1. The van der Waals surface area contributed by atoms with Gasteiger partial charge in [-0.15, -0.1) is 0 Å². The molecule has 1 amide bonds. The van der Waals surface area contributed by atoms with Crippen LogP contribution >= 0.6 is 0 Å². The zero-order valence-corrected chi connectivity index (χ0v) is 10.9. The Morgan fingerprint density at radius 3 is 2.83 bits per heavy atom. The van der Waals surface area contributed by atoms with Crippen LogP contribution in [-0.2, 0) is 0 Å². The Morgan fingerprint density at radius 1 is 1.44 bits per heavy atom. The lowest BCUT2D eigenvalue weighted by Crippen LogP contribution is -2.30. The summed E-state index contributed by atoms with van der Waals surface area (Å²) in [5, 5.41) is 13.0. The van der Waals surface area contributed by atoms with Crippen LogP contribution in [0.2, 0.25) is 0 Å². The number of carbonyl (C=O) groups excluding carboxylic acids is 1. The third-order valence-corrected chi connectivity index (χ3v) is 3.15. The number of H-pyrrole nitrogens is 1. The molecule has 0 spiro atoms. The number of aliphatic hydroxyl groups excluding tert-OH is 1. The molecule has 0 radical (unpaired) electrons. The van der Waals surface area contributed by atoms with Crippen molar-refractivity contribution in [3.8, 4) is 0 Å². The molecule has 2 rings (SSSR count). The van der Waals surface area contributed by atoms with Gasteiger partial charge in [0.1, 0.15) is 0 Å². The van der Waals surface area contributed by atoms with Crippen molar-refractivity contribution in [2.24, 2.45) is 0 Å². The number of aliphatic hydroxyl groups is 1. The lowest BCUT2D eigenvalue weighted by molar-refractivity contribution is 0.0925.